The number of aromatic nitrogens is 1. The van der Waals surface area contributed by atoms with Gasteiger partial charge in [0.1, 0.15) is 5.75 Å². The summed E-state index contributed by atoms with van der Waals surface area (Å²) in [5, 5.41) is 8.75. The van der Waals surface area contributed by atoms with Crippen LogP contribution in [0.2, 0.25) is 0 Å². The second-order valence-corrected chi connectivity index (χ2v) is 8.35. The number of rotatable bonds is 12. The zero-order chi connectivity index (χ0) is 25.2. The smallest absolute Gasteiger partial charge is 0.303 e. The molecule has 0 radical (unpaired) electrons. The first kappa shape index (κ1) is 23.5. The first-order valence-electron chi connectivity index (χ1n) is 12.1. The topological polar surface area (TPSA) is 79.7 Å². The second-order valence-electron chi connectivity index (χ2n) is 8.35. The molecule has 0 saturated carbocycles. The van der Waals surface area contributed by atoms with E-state index < -0.39 is 12.5 Å². The molecule has 1 aromatic heterocycles. The van der Waals surface area contributed by atoms with Crippen LogP contribution in [0.3, 0.4) is 0 Å². The predicted octanol–water partition coefficient (Wildman–Crippen LogP) is 5.82. The fraction of sp³-hybridized carbons (Fsp3) is 0.321. The first-order valence-corrected chi connectivity index (χ1v) is 11.6. The Morgan fingerprint density at radius 2 is 1.76 bits per heavy atom. The van der Waals surface area contributed by atoms with Crippen LogP contribution in [-0.2, 0) is 11.3 Å². The van der Waals surface area contributed by atoms with Gasteiger partial charge in [0.15, 0.2) is 0 Å². The van der Waals surface area contributed by atoms with Crippen LogP contribution in [0.1, 0.15) is 56.8 Å². The van der Waals surface area contributed by atoms with Gasteiger partial charge in [-0.1, -0.05) is 36.4 Å². The summed E-state index contributed by atoms with van der Waals surface area (Å²) in [5.41, 5.74) is 3.07. The minimum absolute atomic E-state index is 0.153. The molecule has 1 N–H and O–H groups in total. The molecule has 3 rings (SSSR count). The average molecular weight is 462 g/mol. The number of amides is 1. The number of carboxylic acid groups (broad SMARTS) is 1. The number of ether oxygens (including phenoxy) is 1. The monoisotopic (exact) mass is 461 g/mol. The third kappa shape index (κ3) is 7.17. The van der Waals surface area contributed by atoms with E-state index in [1.54, 1.807) is 35.5 Å². The van der Waals surface area contributed by atoms with Crippen molar-refractivity contribution < 1.29 is 20.8 Å². The summed E-state index contributed by atoms with van der Waals surface area (Å²) in [6.07, 6.45) is 5.74. The zero-order valence-electron chi connectivity index (χ0n) is 20.7. The number of carboxylic acids is 1. The number of nitrogens with zero attached hydrogens (tertiary/aromatic N) is 2. The summed E-state index contributed by atoms with van der Waals surface area (Å²) in [5.74, 6) is -0.448. The van der Waals surface area contributed by atoms with Crippen LogP contribution < -0.4 is 4.74 Å². The number of aliphatic carboxylic acids is 1. The van der Waals surface area contributed by atoms with Crippen molar-refractivity contribution in [2.45, 2.75) is 52.1 Å². The summed E-state index contributed by atoms with van der Waals surface area (Å²) in [4.78, 5) is 29.8. The van der Waals surface area contributed by atoms with E-state index in [0.717, 1.165) is 24.0 Å². The van der Waals surface area contributed by atoms with Gasteiger partial charge in [-0.3, -0.25) is 14.6 Å². The number of hydrogen-bond donors (Lipinski definition) is 1. The molecule has 6 nitrogen and oxygen atoms in total. The molecule has 0 saturated heterocycles. The minimum atomic E-state index is -0.941. The molecule has 0 aliphatic heterocycles. The van der Waals surface area contributed by atoms with Crippen molar-refractivity contribution in [3.63, 3.8) is 0 Å². The van der Waals surface area contributed by atoms with Gasteiger partial charge in [0.2, 0.25) is 0 Å². The molecule has 0 aliphatic carbocycles. The van der Waals surface area contributed by atoms with Crippen molar-refractivity contribution in [3.05, 3.63) is 84.2 Å². The number of para-hydroxylation sites is 1. The Labute approximate surface area is 202 Å². The molecule has 0 aliphatic rings. The molecule has 178 valence electrons. The molecular weight excluding hydrogens is 428 g/mol. The fourth-order valence-electron chi connectivity index (χ4n) is 3.54. The van der Waals surface area contributed by atoms with E-state index in [4.69, 9.17) is 11.2 Å². The Balaban J connectivity index is 1.72. The molecule has 1 atom stereocenters. The highest BCUT2D eigenvalue weighted by Crippen LogP contribution is 2.24. The maximum atomic E-state index is 13.5. The van der Waals surface area contributed by atoms with Gasteiger partial charge in [0.25, 0.3) is 5.91 Å². The molecule has 1 heterocycles. The summed E-state index contributed by atoms with van der Waals surface area (Å²) in [7, 11) is 0. The van der Waals surface area contributed by atoms with E-state index in [-0.39, 0.29) is 18.4 Å². The second kappa shape index (κ2) is 12.5. The van der Waals surface area contributed by atoms with Crippen LogP contribution in [0.4, 0.5) is 0 Å². The third-order valence-corrected chi connectivity index (χ3v) is 5.41. The molecule has 2 aromatic carbocycles. The van der Waals surface area contributed by atoms with Gasteiger partial charge in [-0.2, -0.15) is 0 Å². The van der Waals surface area contributed by atoms with Crippen LogP contribution in [0, 0.1) is 0 Å². The maximum absolute atomic E-state index is 13.5. The predicted molar refractivity (Wildman–Crippen MR) is 133 cm³/mol. The summed E-state index contributed by atoms with van der Waals surface area (Å²) < 4.78 is 14.9. The molecular formula is C28H32N2O4. The van der Waals surface area contributed by atoms with E-state index in [1.807, 2.05) is 56.3 Å². The average Bonchev–Trinajstić information content (AvgIpc) is 2.86. The normalized spacial score (nSPS) is 12.1. The highest BCUT2D eigenvalue weighted by Gasteiger charge is 2.20. The molecule has 3 aromatic rings. The number of carbonyl (C=O) groups excluding carboxylic acids is 1. The quantitative estimate of drug-likeness (QED) is 0.344. The Morgan fingerprint density at radius 3 is 2.44 bits per heavy atom. The van der Waals surface area contributed by atoms with Gasteiger partial charge >= 0.3 is 5.97 Å². The summed E-state index contributed by atoms with van der Waals surface area (Å²) >= 11 is 0. The molecule has 1 amide bonds. The molecule has 6 heteroatoms. The van der Waals surface area contributed by atoms with Gasteiger partial charge < -0.3 is 14.7 Å². The lowest BCUT2D eigenvalue weighted by atomic mass is 10.0. The van der Waals surface area contributed by atoms with E-state index in [0.29, 0.717) is 29.9 Å². The van der Waals surface area contributed by atoms with Crippen LogP contribution in [-0.4, -0.2) is 39.5 Å². The van der Waals surface area contributed by atoms with Gasteiger partial charge in [-0.15, -0.1) is 0 Å². The Morgan fingerprint density at radius 1 is 1.00 bits per heavy atom. The lowest BCUT2D eigenvalue weighted by Gasteiger charge is -2.28. The highest BCUT2D eigenvalue weighted by molar-refractivity contribution is 5.95. The third-order valence-electron chi connectivity index (χ3n) is 5.41. The van der Waals surface area contributed by atoms with Crippen molar-refractivity contribution in [2.24, 2.45) is 0 Å². The van der Waals surface area contributed by atoms with Crippen molar-refractivity contribution in [1.82, 2.24) is 9.88 Å². The van der Waals surface area contributed by atoms with Crippen molar-refractivity contribution in [1.29, 1.82) is 0 Å². The number of benzene rings is 2. The molecule has 0 fully saturated rings. The lowest BCUT2D eigenvalue weighted by molar-refractivity contribution is -0.137. The molecule has 0 spiro atoms. The largest absolute Gasteiger partial charge is 0.493 e. The van der Waals surface area contributed by atoms with Crippen molar-refractivity contribution >= 4 is 11.9 Å². The molecule has 0 bridgehead atoms. The number of unbranched alkanes of at least 4 members (excludes halogenated alkanes) is 2. The lowest BCUT2D eigenvalue weighted by Crippen LogP contribution is -2.36. The van der Waals surface area contributed by atoms with E-state index in [2.05, 4.69) is 4.98 Å². The SMILES string of the molecule is [2H]C(c1ccccc1OCCCCCC(=O)O)N(C(=O)c1ccc(-c2cccnc2)cc1)C(C)C. The molecule has 1 unspecified atom stereocenters. The Bertz CT molecular complexity index is 1100. The van der Waals surface area contributed by atoms with Gasteiger partial charge in [0, 0.05) is 42.5 Å². The van der Waals surface area contributed by atoms with E-state index in [9.17, 15) is 9.59 Å². The fourth-order valence-corrected chi connectivity index (χ4v) is 3.54. The van der Waals surface area contributed by atoms with E-state index >= 15 is 0 Å². The highest BCUT2D eigenvalue weighted by atomic mass is 16.5. The zero-order valence-corrected chi connectivity index (χ0v) is 19.7. The van der Waals surface area contributed by atoms with Gasteiger partial charge in [0.05, 0.1) is 7.98 Å². The molecule has 34 heavy (non-hydrogen) atoms. The van der Waals surface area contributed by atoms with Crippen LogP contribution in [0.5, 0.6) is 5.75 Å². The van der Waals surface area contributed by atoms with E-state index in [1.165, 1.54) is 0 Å². The van der Waals surface area contributed by atoms with Crippen LogP contribution in [0.15, 0.2) is 73.1 Å². The number of carbonyl (C=O) groups is 2. The summed E-state index contributed by atoms with van der Waals surface area (Å²) in [6, 6.07) is 18.3. The van der Waals surface area contributed by atoms with Crippen LogP contribution in [0.25, 0.3) is 11.1 Å². The Kier molecular flexibility index (Phi) is 8.66. The Hall–Kier alpha value is -3.67. The number of pyridine rings is 1. The minimum Gasteiger partial charge on any atom is -0.493 e. The van der Waals surface area contributed by atoms with Gasteiger partial charge in [-0.05, 0) is 68.5 Å². The van der Waals surface area contributed by atoms with Crippen LogP contribution >= 0.6 is 0 Å². The standard InChI is InChI=1S/C28H32N2O4/c1-21(2)30(28(33)23-15-13-22(14-16-23)24-10-8-17-29-19-24)20-25-9-5-6-11-26(25)34-18-7-3-4-12-27(31)32/h5-6,8-11,13-17,19,21H,3-4,7,12,18,20H2,1-2H3,(H,31,32)/i20D. The number of hydrogen-bond acceptors (Lipinski definition) is 4. The maximum Gasteiger partial charge on any atom is 0.303 e. The van der Waals surface area contributed by atoms with Gasteiger partial charge in [-0.25, -0.2) is 0 Å². The summed E-state index contributed by atoms with van der Waals surface area (Å²) in [6.45, 7) is 3.28. The van der Waals surface area contributed by atoms with Crippen molar-refractivity contribution in [3.8, 4) is 16.9 Å². The van der Waals surface area contributed by atoms with Crippen molar-refractivity contribution in [2.75, 3.05) is 6.61 Å². The first-order chi connectivity index (χ1) is 16.9.